The molecule has 0 aliphatic heterocycles. The minimum atomic E-state index is -0.376. The van der Waals surface area contributed by atoms with Gasteiger partial charge in [0.15, 0.2) is 0 Å². The van der Waals surface area contributed by atoms with E-state index in [1.54, 1.807) is 24.3 Å². The topological polar surface area (TPSA) is 74.0 Å². The fourth-order valence-electron chi connectivity index (χ4n) is 2.49. The van der Waals surface area contributed by atoms with Gasteiger partial charge in [-0.25, -0.2) is 0 Å². The Kier molecular flexibility index (Phi) is 4.40. The molecule has 0 saturated heterocycles. The van der Waals surface area contributed by atoms with Crippen LogP contribution in [0.1, 0.15) is 32.0 Å². The molecule has 0 spiro atoms. The summed E-state index contributed by atoms with van der Waals surface area (Å²) in [7, 11) is 0. The molecule has 6 heteroatoms. The van der Waals surface area contributed by atoms with Crippen LogP contribution in [0.5, 0.6) is 0 Å². The lowest BCUT2D eigenvalue weighted by Gasteiger charge is -2.08. The number of aryl methyl sites for hydroxylation is 2. The van der Waals surface area contributed by atoms with Crippen LogP contribution in [0.3, 0.4) is 0 Å². The summed E-state index contributed by atoms with van der Waals surface area (Å²) in [5.41, 5.74) is 8.98. The molecule has 3 aromatic rings. The molecule has 0 aliphatic carbocycles. The summed E-state index contributed by atoms with van der Waals surface area (Å²) in [5, 5.41) is 0.999. The van der Waals surface area contributed by atoms with Crippen LogP contribution in [0, 0.1) is 13.8 Å². The van der Waals surface area contributed by atoms with E-state index in [0.29, 0.717) is 11.1 Å². The summed E-state index contributed by atoms with van der Waals surface area (Å²) in [6.45, 7) is 4.00. The van der Waals surface area contributed by atoms with E-state index in [1.165, 1.54) is 0 Å². The first kappa shape index (κ1) is 16.3. The average molecular weight is 386 g/mol. The number of aromatic nitrogens is 1. The number of rotatable bonds is 2. The van der Waals surface area contributed by atoms with Gasteiger partial charge in [-0.05, 0) is 55.8 Å². The van der Waals surface area contributed by atoms with Crippen molar-refractivity contribution in [3.8, 4) is 0 Å². The van der Waals surface area contributed by atoms with Crippen LogP contribution in [0.15, 0.2) is 46.9 Å². The zero-order valence-corrected chi connectivity index (χ0v) is 14.8. The number of halogens is 1. The Morgan fingerprint density at radius 3 is 2.29 bits per heavy atom. The van der Waals surface area contributed by atoms with E-state index in [2.05, 4.69) is 31.8 Å². The summed E-state index contributed by atoms with van der Waals surface area (Å²) in [6, 6.07) is 12.3. The van der Waals surface area contributed by atoms with Gasteiger partial charge in [0.25, 0.3) is 11.8 Å². The maximum absolute atomic E-state index is 12.3. The van der Waals surface area contributed by atoms with E-state index in [9.17, 15) is 9.59 Å². The maximum Gasteiger partial charge on any atom is 0.269 e. The van der Waals surface area contributed by atoms with Crippen molar-refractivity contribution in [1.29, 1.82) is 0 Å². The van der Waals surface area contributed by atoms with E-state index in [-0.39, 0.29) is 11.8 Å². The van der Waals surface area contributed by atoms with Crippen molar-refractivity contribution in [1.82, 2.24) is 15.8 Å². The van der Waals surface area contributed by atoms with Crippen LogP contribution >= 0.6 is 15.9 Å². The Morgan fingerprint density at radius 2 is 1.62 bits per heavy atom. The molecule has 0 radical (unpaired) electrons. The van der Waals surface area contributed by atoms with Crippen LogP contribution in [-0.4, -0.2) is 16.8 Å². The Bertz CT molecular complexity index is 947. The number of fused-ring (bicyclic) bond motifs is 1. The molecule has 3 rings (SSSR count). The van der Waals surface area contributed by atoms with Gasteiger partial charge in [0.2, 0.25) is 0 Å². The first-order valence-electron chi connectivity index (χ1n) is 7.41. The molecular formula is C18H16BrN3O2. The summed E-state index contributed by atoms with van der Waals surface area (Å²) in [5.74, 6) is -0.738. The van der Waals surface area contributed by atoms with Crippen LogP contribution < -0.4 is 10.9 Å². The summed E-state index contributed by atoms with van der Waals surface area (Å²) >= 11 is 3.31. The third-order valence-electron chi connectivity index (χ3n) is 3.95. The molecule has 24 heavy (non-hydrogen) atoms. The molecule has 122 valence electrons. The summed E-state index contributed by atoms with van der Waals surface area (Å²) in [6.07, 6.45) is 0. The second-order valence-electron chi connectivity index (χ2n) is 5.55. The highest BCUT2D eigenvalue weighted by atomic mass is 79.9. The summed E-state index contributed by atoms with van der Waals surface area (Å²) in [4.78, 5) is 27.6. The van der Waals surface area contributed by atoms with Crippen molar-refractivity contribution in [3.05, 3.63) is 69.3 Å². The molecular weight excluding hydrogens is 370 g/mol. The van der Waals surface area contributed by atoms with Crippen molar-refractivity contribution in [2.75, 3.05) is 0 Å². The number of hydrogen-bond donors (Lipinski definition) is 3. The number of hydrogen-bond acceptors (Lipinski definition) is 2. The predicted molar refractivity (Wildman–Crippen MR) is 96.8 cm³/mol. The molecule has 0 atom stereocenters. The van der Waals surface area contributed by atoms with Gasteiger partial charge in [-0.1, -0.05) is 22.0 Å². The third-order valence-corrected chi connectivity index (χ3v) is 4.44. The lowest BCUT2D eigenvalue weighted by atomic mass is 10.1. The van der Waals surface area contributed by atoms with Crippen LogP contribution in [0.4, 0.5) is 0 Å². The molecule has 3 N–H and O–H groups in total. The molecule has 0 aliphatic rings. The number of nitrogens with one attached hydrogen (secondary N) is 3. The van der Waals surface area contributed by atoms with Gasteiger partial charge >= 0.3 is 0 Å². The van der Waals surface area contributed by atoms with Gasteiger partial charge < -0.3 is 4.98 Å². The predicted octanol–water partition coefficient (Wildman–Crippen LogP) is 3.62. The SMILES string of the molecule is Cc1[nH]c2ccc(C(=O)NNC(=O)c3cccc(Br)c3)cc2c1C. The van der Waals surface area contributed by atoms with Crippen LogP contribution in [0.2, 0.25) is 0 Å². The summed E-state index contributed by atoms with van der Waals surface area (Å²) < 4.78 is 0.797. The minimum Gasteiger partial charge on any atom is -0.358 e. The Labute approximate surface area is 147 Å². The standard InChI is InChI=1S/C18H16BrN3O2/c1-10-11(2)20-16-7-6-13(9-15(10)16)18(24)22-21-17(23)12-4-3-5-14(19)8-12/h3-9,20H,1-2H3,(H,21,23)(H,22,24). The zero-order valence-electron chi connectivity index (χ0n) is 13.2. The highest BCUT2D eigenvalue weighted by Crippen LogP contribution is 2.22. The van der Waals surface area contributed by atoms with Crippen molar-refractivity contribution >= 4 is 38.6 Å². The van der Waals surface area contributed by atoms with E-state index in [4.69, 9.17) is 0 Å². The van der Waals surface area contributed by atoms with E-state index in [1.807, 2.05) is 32.0 Å². The highest BCUT2D eigenvalue weighted by Gasteiger charge is 2.12. The first-order chi connectivity index (χ1) is 11.5. The number of hydrazine groups is 1. The molecule has 0 saturated carbocycles. The second kappa shape index (κ2) is 6.49. The van der Waals surface area contributed by atoms with E-state index in [0.717, 1.165) is 26.6 Å². The average Bonchev–Trinajstić information content (AvgIpc) is 2.86. The van der Waals surface area contributed by atoms with Gasteiger partial charge in [-0.2, -0.15) is 0 Å². The van der Waals surface area contributed by atoms with Gasteiger partial charge in [0, 0.05) is 32.2 Å². The quantitative estimate of drug-likeness (QED) is 0.589. The molecule has 0 unspecified atom stereocenters. The molecule has 5 nitrogen and oxygen atoms in total. The van der Waals surface area contributed by atoms with Crippen LogP contribution in [-0.2, 0) is 0 Å². The monoisotopic (exact) mass is 385 g/mol. The first-order valence-corrected chi connectivity index (χ1v) is 8.20. The minimum absolute atomic E-state index is 0.363. The number of H-pyrrole nitrogens is 1. The normalized spacial score (nSPS) is 10.6. The van der Waals surface area contributed by atoms with Crippen molar-refractivity contribution in [2.45, 2.75) is 13.8 Å². The smallest absolute Gasteiger partial charge is 0.269 e. The number of benzene rings is 2. The zero-order chi connectivity index (χ0) is 17.3. The second-order valence-corrected chi connectivity index (χ2v) is 6.47. The Morgan fingerprint density at radius 1 is 0.958 bits per heavy atom. The van der Waals surface area contributed by atoms with Gasteiger partial charge in [-0.3, -0.25) is 20.4 Å². The van der Waals surface area contributed by atoms with Crippen LogP contribution in [0.25, 0.3) is 10.9 Å². The number of carbonyl (C=O) groups is 2. The number of amides is 2. The Balaban J connectivity index is 1.73. The number of carbonyl (C=O) groups excluding carboxylic acids is 2. The molecule has 1 aromatic heterocycles. The highest BCUT2D eigenvalue weighted by molar-refractivity contribution is 9.10. The van der Waals surface area contributed by atoms with Gasteiger partial charge in [0.1, 0.15) is 0 Å². The van der Waals surface area contributed by atoms with E-state index < -0.39 is 0 Å². The fourth-order valence-corrected chi connectivity index (χ4v) is 2.89. The van der Waals surface area contributed by atoms with Crippen molar-refractivity contribution in [2.24, 2.45) is 0 Å². The van der Waals surface area contributed by atoms with Gasteiger partial charge in [-0.15, -0.1) is 0 Å². The van der Waals surface area contributed by atoms with E-state index >= 15 is 0 Å². The maximum atomic E-state index is 12.3. The molecule has 0 fully saturated rings. The van der Waals surface area contributed by atoms with Gasteiger partial charge in [0.05, 0.1) is 0 Å². The largest absolute Gasteiger partial charge is 0.358 e. The molecule has 1 heterocycles. The molecule has 2 aromatic carbocycles. The molecule has 0 bridgehead atoms. The third kappa shape index (κ3) is 3.19. The lowest BCUT2D eigenvalue weighted by Crippen LogP contribution is -2.41. The number of aromatic amines is 1. The Hall–Kier alpha value is -2.60. The lowest BCUT2D eigenvalue weighted by molar-refractivity contribution is 0.0846. The fraction of sp³-hybridized carbons (Fsp3) is 0.111. The van der Waals surface area contributed by atoms with Crippen molar-refractivity contribution in [3.63, 3.8) is 0 Å². The van der Waals surface area contributed by atoms with Crippen molar-refractivity contribution < 1.29 is 9.59 Å². The molecule has 2 amide bonds.